The molecule has 0 aliphatic rings. The average molecular weight is 252 g/mol. The molecule has 0 aliphatic heterocycles. The van der Waals surface area contributed by atoms with Gasteiger partial charge in [0.2, 0.25) is 0 Å². The van der Waals surface area contributed by atoms with Crippen LogP contribution in [0.2, 0.25) is 0 Å². The molecule has 2 aromatic carbocycles. The lowest BCUT2D eigenvalue weighted by molar-refractivity contribution is 0.415. The first kappa shape index (κ1) is 13.4. The maximum absolute atomic E-state index is 5.21. The molecule has 2 aromatic rings. The van der Waals surface area contributed by atoms with Gasteiger partial charge in [-0.05, 0) is 49.1 Å². The van der Waals surface area contributed by atoms with Gasteiger partial charge in [-0.2, -0.15) is 0 Å². The van der Waals surface area contributed by atoms with Crippen LogP contribution in [-0.2, 0) is 6.42 Å². The summed E-state index contributed by atoms with van der Waals surface area (Å²) in [4.78, 5) is 0. The summed E-state index contributed by atoms with van der Waals surface area (Å²) in [5, 5.41) is 0. The van der Waals surface area contributed by atoms with E-state index in [2.05, 4.69) is 56.3 Å². The van der Waals surface area contributed by atoms with Crippen LogP contribution in [0.4, 0.5) is 0 Å². The maximum Gasteiger partial charge on any atom is 0.118 e. The highest BCUT2D eigenvalue weighted by atomic mass is 16.5. The molecule has 0 spiro atoms. The normalized spacial score (nSPS) is 10.1. The Hall–Kier alpha value is -2.02. The van der Waals surface area contributed by atoms with Gasteiger partial charge in [0.05, 0.1) is 7.11 Å². The number of hydrogen-bond donors (Lipinski definition) is 0. The van der Waals surface area contributed by atoms with E-state index in [4.69, 9.17) is 4.74 Å². The molecule has 0 saturated heterocycles. The molecule has 0 heterocycles. The molecule has 19 heavy (non-hydrogen) atoms. The Morgan fingerprint density at radius 2 is 1.53 bits per heavy atom. The first-order valence-electron chi connectivity index (χ1n) is 6.55. The number of rotatable bonds is 4. The van der Waals surface area contributed by atoms with Gasteiger partial charge in [0.25, 0.3) is 0 Å². The van der Waals surface area contributed by atoms with E-state index in [1.807, 2.05) is 12.1 Å². The Labute approximate surface area is 115 Å². The van der Waals surface area contributed by atoms with Crippen LogP contribution >= 0.6 is 0 Å². The minimum atomic E-state index is 0.900. The molecule has 98 valence electrons. The lowest BCUT2D eigenvalue weighted by atomic mass is 9.94. The molecule has 1 heteroatoms. The predicted octanol–water partition coefficient (Wildman–Crippen LogP) is 4.73. The van der Waals surface area contributed by atoms with Crippen molar-refractivity contribution in [2.45, 2.75) is 20.3 Å². The van der Waals surface area contributed by atoms with Crippen molar-refractivity contribution >= 4 is 5.57 Å². The molecule has 0 radical (unpaired) electrons. The van der Waals surface area contributed by atoms with Crippen LogP contribution in [0.15, 0.2) is 60.2 Å². The van der Waals surface area contributed by atoms with Gasteiger partial charge in [-0.1, -0.05) is 48.0 Å². The van der Waals surface area contributed by atoms with E-state index in [9.17, 15) is 0 Å². The second kappa shape index (κ2) is 6.24. The molecular weight excluding hydrogens is 232 g/mol. The Morgan fingerprint density at radius 3 is 2.05 bits per heavy atom. The van der Waals surface area contributed by atoms with Crippen molar-refractivity contribution in [2.24, 2.45) is 0 Å². The number of hydrogen-bond acceptors (Lipinski definition) is 1. The van der Waals surface area contributed by atoms with E-state index in [-0.39, 0.29) is 0 Å². The maximum atomic E-state index is 5.21. The largest absolute Gasteiger partial charge is 0.497 e. The monoisotopic (exact) mass is 252 g/mol. The minimum Gasteiger partial charge on any atom is -0.497 e. The van der Waals surface area contributed by atoms with Gasteiger partial charge in [0.1, 0.15) is 5.75 Å². The fourth-order valence-electron chi connectivity index (χ4n) is 2.16. The second-order valence-corrected chi connectivity index (χ2v) is 4.87. The quantitative estimate of drug-likeness (QED) is 0.764. The third kappa shape index (κ3) is 3.47. The lowest BCUT2D eigenvalue weighted by Gasteiger charge is -2.11. The van der Waals surface area contributed by atoms with Crippen molar-refractivity contribution < 1.29 is 4.74 Å². The van der Waals surface area contributed by atoms with Crippen LogP contribution in [-0.4, -0.2) is 7.11 Å². The zero-order valence-corrected chi connectivity index (χ0v) is 11.8. The molecule has 0 unspecified atom stereocenters. The van der Waals surface area contributed by atoms with Crippen LogP contribution in [0.1, 0.15) is 25.0 Å². The van der Waals surface area contributed by atoms with Crippen LogP contribution in [0, 0.1) is 0 Å². The van der Waals surface area contributed by atoms with Crippen molar-refractivity contribution in [1.29, 1.82) is 0 Å². The van der Waals surface area contributed by atoms with E-state index < -0.39 is 0 Å². The summed E-state index contributed by atoms with van der Waals surface area (Å²) in [6.07, 6.45) is 0.968. The summed E-state index contributed by atoms with van der Waals surface area (Å²) in [6, 6.07) is 18.9. The summed E-state index contributed by atoms with van der Waals surface area (Å²) in [5.74, 6) is 0.900. The zero-order chi connectivity index (χ0) is 13.7. The molecule has 0 aromatic heterocycles. The number of methoxy groups -OCH3 is 1. The van der Waals surface area contributed by atoms with Crippen molar-refractivity contribution in [2.75, 3.05) is 7.11 Å². The van der Waals surface area contributed by atoms with Gasteiger partial charge in [-0.15, -0.1) is 0 Å². The van der Waals surface area contributed by atoms with Crippen LogP contribution < -0.4 is 4.74 Å². The van der Waals surface area contributed by atoms with Crippen LogP contribution in [0.3, 0.4) is 0 Å². The van der Waals surface area contributed by atoms with E-state index in [0.717, 1.165) is 12.2 Å². The van der Waals surface area contributed by atoms with Crippen LogP contribution in [0.5, 0.6) is 5.75 Å². The summed E-state index contributed by atoms with van der Waals surface area (Å²) >= 11 is 0. The molecular formula is C18H20O. The van der Waals surface area contributed by atoms with Crippen molar-refractivity contribution in [3.63, 3.8) is 0 Å². The number of ether oxygens (including phenoxy) is 1. The minimum absolute atomic E-state index is 0.900. The number of benzene rings is 2. The summed E-state index contributed by atoms with van der Waals surface area (Å²) in [7, 11) is 1.70. The van der Waals surface area contributed by atoms with E-state index >= 15 is 0 Å². The summed E-state index contributed by atoms with van der Waals surface area (Å²) < 4.78 is 5.21. The van der Waals surface area contributed by atoms with Crippen molar-refractivity contribution in [1.82, 2.24) is 0 Å². The Kier molecular flexibility index (Phi) is 4.40. The SMILES string of the molecule is COc1ccc(C(Cc2ccccc2)=C(C)C)cc1. The van der Waals surface area contributed by atoms with Gasteiger partial charge < -0.3 is 4.74 Å². The molecule has 0 amide bonds. The first-order chi connectivity index (χ1) is 9.20. The van der Waals surface area contributed by atoms with Gasteiger partial charge in [-0.3, -0.25) is 0 Å². The Balaban J connectivity index is 2.28. The molecule has 1 nitrogen and oxygen atoms in total. The van der Waals surface area contributed by atoms with Gasteiger partial charge in [0.15, 0.2) is 0 Å². The predicted molar refractivity (Wildman–Crippen MR) is 81.4 cm³/mol. The Morgan fingerprint density at radius 1 is 0.895 bits per heavy atom. The highest BCUT2D eigenvalue weighted by molar-refractivity contribution is 5.70. The van der Waals surface area contributed by atoms with Gasteiger partial charge in [0, 0.05) is 0 Å². The molecule has 0 N–H and O–H groups in total. The molecule has 0 aliphatic carbocycles. The summed E-state index contributed by atoms with van der Waals surface area (Å²) in [6.45, 7) is 4.34. The molecule has 0 atom stereocenters. The zero-order valence-electron chi connectivity index (χ0n) is 11.8. The second-order valence-electron chi connectivity index (χ2n) is 4.87. The van der Waals surface area contributed by atoms with E-state index in [1.54, 1.807) is 7.11 Å². The van der Waals surface area contributed by atoms with Crippen LogP contribution in [0.25, 0.3) is 5.57 Å². The standard InChI is InChI=1S/C18H20O/c1-14(2)18(13-15-7-5-4-6-8-15)16-9-11-17(19-3)12-10-16/h4-12H,13H2,1-3H3. The van der Waals surface area contributed by atoms with E-state index in [0.29, 0.717) is 0 Å². The van der Waals surface area contributed by atoms with Gasteiger partial charge in [-0.25, -0.2) is 0 Å². The third-order valence-electron chi connectivity index (χ3n) is 3.27. The van der Waals surface area contributed by atoms with Crippen molar-refractivity contribution in [3.05, 3.63) is 71.3 Å². The average Bonchev–Trinajstić information content (AvgIpc) is 2.46. The lowest BCUT2D eigenvalue weighted by Crippen LogP contribution is -1.93. The Bertz CT molecular complexity index is 546. The third-order valence-corrected chi connectivity index (χ3v) is 3.27. The fraction of sp³-hybridized carbons (Fsp3) is 0.222. The topological polar surface area (TPSA) is 9.23 Å². The number of allylic oxidation sites excluding steroid dienone is 2. The molecule has 0 fully saturated rings. The first-order valence-corrected chi connectivity index (χ1v) is 6.55. The van der Waals surface area contributed by atoms with Crippen molar-refractivity contribution in [3.8, 4) is 5.75 Å². The smallest absolute Gasteiger partial charge is 0.118 e. The van der Waals surface area contributed by atoms with E-state index in [1.165, 1.54) is 22.3 Å². The molecule has 0 bridgehead atoms. The fourth-order valence-corrected chi connectivity index (χ4v) is 2.16. The highest BCUT2D eigenvalue weighted by Crippen LogP contribution is 2.25. The molecule has 0 saturated carbocycles. The molecule has 2 rings (SSSR count). The summed E-state index contributed by atoms with van der Waals surface area (Å²) in [5.41, 5.74) is 5.35. The highest BCUT2D eigenvalue weighted by Gasteiger charge is 2.05. The van der Waals surface area contributed by atoms with Gasteiger partial charge >= 0.3 is 0 Å².